The molecule has 58 valence electrons. The normalized spacial score (nSPS) is 42.9. The van der Waals surface area contributed by atoms with E-state index in [0.717, 1.165) is 6.42 Å². The fourth-order valence-corrected chi connectivity index (χ4v) is 1.64. The molecule has 0 bridgehead atoms. The number of methoxy groups -OCH3 is 2. The van der Waals surface area contributed by atoms with Gasteiger partial charge in [0.1, 0.15) is 0 Å². The molecule has 0 aromatic carbocycles. The second-order valence-electron chi connectivity index (χ2n) is 2.88. The Morgan fingerprint density at radius 3 is 2.40 bits per heavy atom. The number of fused-ring (bicyclic) bond motifs is 1. The maximum Gasteiger partial charge on any atom is 0.162 e. The van der Waals surface area contributed by atoms with E-state index in [1.54, 1.807) is 14.2 Å². The molecular weight excluding hydrogens is 132 g/mol. The molecule has 0 radical (unpaired) electrons. The van der Waals surface area contributed by atoms with Gasteiger partial charge in [0.2, 0.25) is 0 Å². The van der Waals surface area contributed by atoms with Gasteiger partial charge in [0.25, 0.3) is 0 Å². The highest BCUT2D eigenvalue weighted by molar-refractivity contribution is 5.04. The molecule has 0 aromatic heterocycles. The van der Waals surface area contributed by atoms with Gasteiger partial charge >= 0.3 is 0 Å². The Kier molecular flexibility index (Phi) is 1.44. The van der Waals surface area contributed by atoms with Crippen molar-refractivity contribution in [3.05, 3.63) is 0 Å². The third kappa shape index (κ3) is 0.779. The summed E-state index contributed by atoms with van der Waals surface area (Å²) in [5.41, 5.74) is 0. The molecule has 10 heavy (non-hydrogen) atoms. The zero-order valence-electron chi connectivity index (χ0n) is 6.24. The minimum atomic E-state index is -0.0521. The van der Waals surface area contributed by atoms with Gasteiger partial charge in [0.05, 0.1) is 12.2 Å². The lowest BCUT2D eigenvalue weighted by atomic mass is 9.85. The van der Waals surface area contributed by atoms with Crippen molar-refractivity contribution in [3.63, 3.8) is 0 Å². The van der Waals surface area contributed by atoms with E-state index in [2.05, 4.69) is 0 Å². The summed E-state index contributed by atoms with van der Waals surface area (Å²) in [5.74, 6) is 0.486. The summed E-state index contributed by atoms with van der Waals surface area (Å²) in [5, 5.41) is 0. The van der Waals surface area contributed by atoms with E-state index in [0.29, 0.717) is 18.1 Å². The number of ether oxygens (including phenoxy) is 3. The molecule has 3 atom stereocenters. The summed E-state index contributed by atoms with van der Waals surface area (Å²) in [6.45, 7) is 0. The number of epoxide rings is 1. The Hall–Kier alpha value is -0.120. The molecule has 0 N–H and O–H groups in total. The van der Waals surface area contributed by atoms with E-state index in [1.807, 2.05) is 0 Å². The monoisotopic (exact) mass is 144 g/mol. The van der Waals surface area contributed by atoms with E-state index < -0.39 is 0 Å². The molecule has 1 saturated carbocycles. The summed E-state index contributed by atoms with van der Waals surface area (Å²) in [6.07, 6.45) is 2.04. The van der Waals surface area contributed by atoms with Gasteiger partial charge in [-0.3, -0.25) is 0 Å². The van der Waals surface area contributed by atoms with Crippen molar-refractivity contribution in [2.24, 2.45) is 5.92 Å². The fourth-order valence-electron chi connectivity index (χ4n) is 1.64. The molecule has 2 aliphatic rings. The first-order valence-corrected chi connectivity index (χ1v) is 3.58. The average molecular weight is 144 g/mol. The highest BCUT2D eigenvalue weighted by atomic mass is 16.7. The molecule has 0 spiro atoms. The van der Waals surface area contributed by atoms with Crippen molar-refractivity contribution in [1.82, 2.24) is 0 Å². The Bertz CT molecular complexity index is 133. The predicted octanol–water partition coefficient (Wildman–Crippen LogP) is 0.393. The Labute approximate surface area is 60.3 Å². The molecule has 1 saturated heterocycles. The van der Waals surface area contributed by atoms with Crippen LogP contribution < -0.4 is 0 Å². The molecular formula is C7H12O3. The van der Waals surface area contributed by atoms with Crippen LogP contribution in [0.5, 0.6) is 0 Å². The van der Waals surface area contributed by atoms with E-state index in [-0.39, 0.29) is 6.29 Å². The van der Waals surface area contributed by atoms with Crippen molar-refractivity contribution in [2.45, 2.75) is 24.9 Å². The van der Waals surface area contributed by atoms with Gasteiger partial charge < -0.3 is 14.2 Å². The maximum atomic E-state index is 5.27. The van der Waals surface area contributed by atoms with E-state index in [9.17, 15) is 0 Å². The molecule has 1 heterocycles. The molecule has 0 amide bonds. The van der Waals surface area contributed by atoms with Crippen molar-refractivity contribution < 1.29 is 14.2 Å². The van der Waals surface area contributed by atoms with Crippen LogP contribution in [0.1, 0.15) is 6.42 Å². The van der Waals surface area contributed by atoms with Crippen LogP contribution >= 0.6 is 0 Å². The second kappa shape index (κ2) is 2.19. The Morgan fingerprint density at radius 2 is 2.10 bits per heavy atom. The molecule has 2 rings (SSSR count). The Morgan fingerprint density at radius 1 is 1.40 bits per heavy atom. The predicted molar refractivity (Wildman–Crippen MR) is 34.6 cm³/mol. The minimum absolute atomic E-state index is 0.0521. The second-order valence-corrected chi connectivity index (χ2v) is 2.88. The van der Waals surface area contributed by atoms with Crippen LogP contribution in [-0.4, -0.2) is 32.7 Å². The molecule has 1 aliphatic heterocycles. The smallest absolute Gasteiger partial charge is 0.162 e. The molecule has 2 fully saturated rings. The van der Waals surface area contributed by atoms with E-state index >= 15 is 0 Å². The largest absolute Gasteiger partial charge is 0.369 e. The van der Waals surface area contributed by atoms with Gasteiger partial charge in [0.15, 0.2) is 6.29 Å². The molecule has 3 heteroatoms. The third-order valence-electron chi connectivity index (χ3n) is 2.36. The number of rotatable bonds is 3. The topological polar surface area (TPSA) is 31.0 Å². The highest BCUT2D eigenvalue weighted by Gasteiger charge is 2.59. The van der Waals surface area contributed by atoms with Gasteiger partial charge in [-0.15, -0.1) is 0 Å². The molecule has 0 unspecified atom stereocenters. The zero-order valence-corrected chi connectivity index (χ0v) is 6.24. The average Bonchev–Trinajstić information content (AvgIpc) is 2.55. The highest BCUT2D eigenvalue weighted by Crippen LogP contribution is 2.48. The van der Waals surface area contributed by atoms with Crippen molar-refractivity contribution in [1.29, 1.82) is 0 Å². The van der Waals surface area contributed by atoms with Crippen LogP contribution in [0.15, 0.2) is 0 Å². The van der Waals surface area contributed by atoms with Crippen LogP contribution in [0.2, 0.25) is 0 Å². The summed E-state index contributed by atoms with van der Waals surface area (Å²) in [7, 11) is 3.34. The lowest BCUT2D eigenvalue weighted by Crippen LogP contribution is -2.37. The van der Waals surface area contributed by atoms with Crippen LogP contribution in [0, 0.1) is 5.92 Å². The van der Waals surface area contributed by atoms with Gasteiger partial charge in [-0.25, -0.2) is 0 Å². The summed E-state index contributed by atoms with van der Waals surface area (Å²) < 4.78 is 15.5. The van der Waals surface area contributed by atoms with Crippen LogP contribution in [-0.2, 0) is 14.2 Å². The standard InChI is InChI=1S/C7H12O3/c1-8-7(9-2)4-3-5-6(4)10-5/h4-7H,3H2,1-2H3/t4-,5+,6-/m0/s1. The SMILES string of the molecule is COC(OC)[C@H]1C[C@H]2O[C@@H]12. The van der Waals surface area contributed by atoms with Crippen LogP contribution in [0.3, 0.4) is 0 Å². The van der Waals surface area contributed by atoms with Gasteiger partial charge in [-0.05, 0) is 6.42 Å². The molecule has 0 aromatic rings. The first-order chi connectivity index (χ1) is 4.86. The van der Waals surface area contributed by atoms with Crippen molar-refractivity contribution >= 4 is 0 Å². The maximum absolute atomic E-state index is 5.27. The molecule has 3 nitrogen and oxygen atoms in total. The van der Waals surface area contributed by atoms with Gasteiger partial charge in [0, 0.05) is 20.1 Å². The third-order valence-corrected chi connectivity index (χ3v) is 2.36. The van der Waals surface area contributed by atoms with E-state index in [4.69, 9.17) is 14.2 Å². The zero-order chi connectivity index (χ0) is 7.14. The summed E-state index contributed by atoms with van der Waals surface area (Å²) >= 11 is 0. The molecule has 1 aliphatic carbocycles. The summed E-state index contributed by atoms with van der Waals surface area (Å²) in [4.78, 5) is 0. The van der Waals surface area contributed by atoms with Crippen molar-refractivity contribution in [2.75, 3.05) is 14.2 Å². The minimum Gasteiger partial charge on any atom is -0.369 e. The first-order valence-electron chi connectivity index (χ1n) is 3.58. The van der Waals surface area contributed by atoms with Crippen molar-refractivity contribution in [3.8, 4) is 0 Å². The fraction of sp³-hybridized carbons (Fsp3) is 1.00. The summed E-state index contributed by atoms with van der Waals surface area (Å²) in [6, 6.07) is 0. The first kappa shape index (κ1) is 6.58. The van der Waals surface area contributed by atoms with Crippen LogP contribution in [0.25, 0.3) is 0 Å². The van der Waals surface area contributed by atoms with Gasteiger partial charge in [-0.1, -0.05) is 0 Å². The van der Waals surface area contributed by atoms with Crippen LogP contribution in [0.4, 0.5) is 0 Å². The lowest BCUT2D eigenvalue weighted by Gasteiger charge is -2.27. The number of hydrogen-bond acceptors (Lipinski definition) is 3. The number of hydrogen-bond donors (Lipinski definition) is 0. The quantitative estimate of drug-likeness (QED) is 0.424. The lowest BCUT2D eigenvalue weighted by molar-refractivity contribution is -0.147. The van der Waals surface area contributed by atoms with Gasteiger partial charge in [-0.2, -0.15) is 0 Å². The van der Waals surface area contributed by atoms with E-state index in [1.165, 1.54) is 0 Å². The Balaban J connectivity index is 1.85.